The topological polar surface area (TPSA) is 0 Å². The van der Waals surface area contributed by atoms with Crippen LogP contribution < -0.4 is 0 Å². The number of aryl methyl sites for hydroxylation is 3. The predicted octanol–water partition coefficient (Wildman–Crippen LogP) is 10.1. The minimum atomic E-state index is -2.23. The molecule has 174 valence electrons. The van der Waals surface area contributed by atoms with Crippen LogP contribution in [-0.4, -0.2) is 26.8 Å². The largest absolute Gasteiger partial charge is 0.248 e. The zero-order valence-electron chi connectivity index (χ0n) is 17.8. The number of hydrogen-bond acceptors (Lipinski definition) is 0. The summed E-state index contributed by atoms with van der Waals surface area (Å²) in [4.78, 5) is 0. The van der Waals surface area contributed by atoms with Crippen molar-refractivity contribution in [3.05, 3.63) is 34.4 Å². The Hall–Kier alpha value is 2.41. The highest BCUT2D eigenvalue weighted by Gasteiger charge is 2.27. The summed E-state index contributed by atoms with van der Waals surface area (Å²) in [5.74, 6) is 0. The first kappa shape index (κ1) is 30.4. The van der Waals surface area contributed by atoms with Gasteiger partial charge in [-0.25, -0.2) is 0 Å². The second-order valence-electron chi connectivity index (χ2n) is 8.67. The molecule has 0 spiro atoms. The van der Waals surface area contributed by atoms with Gasteiger partial charge >= 0.3 is 0 Å². The molecule has 0 saturated heterocycles. The summed E-state index contributed by atoms with van der Waals surface area (Å²) in [6.07, 6.45) is 3.35. The van der Waals surface area contributed by atoms with E-state index >= 15 is 0 Å². The molecule has 0 N–H and O–H groups in total. The van der Waals surface area contributed by atoms with Gasteiger partial charge in [0.15, 0.2) is 0 Å². The third-order valence-electron chi connectivity index (χ3n) is 4.83. The van der Waals surface area contributed by atoms with Crippen LogP contribution in [-0.2, 0) is 25.7 Å². The molecule has 0 aliphatic rings. The molecule has 0 aliphatic heterocycles. The first-order chi connectivity index (χ1) is 13.3. The summed E-state index contributed by atoms with van der Waals surface area (Å²) >= 11 is 51.2. The molecule has 0 heterocycles. The maximum atomic E-state index is 6.43. The van der Waals surface area contributed by atoms with E-state index in [1.54, 1.807) is 0 Å². The summed E-state index contributed by atoms with van der Waals surface area (Å²) in [6.45, 7) is -1.04. The lowest BCUT2D eigenvalue weighted by Gasteiger charge is -2.22. The summed E-state index contributed by atoms with van der Waals surface area (Å²) in [7, 11) is 0. The first-order valence-electron chi connectivity index (χ1n) is 9.99. The average molecular weight is 642 g/mol. The molecule has 30 heavy (non-hydrogen) atoms. The lowest BCUT2D eigenvalue weighted by atomic mass is 9.92. The molecule has 0 unspecified atom stereocenters. The zero-order chi connectivity index (χ0) is 23.4. The second-order valence-corrected chi connectivity index (χ2v) is 41.6. The van der Waals surface area contributed by atoms with Crippen molar-refractivity contribution in [2.24, 2.45) is 0 Å². The van der Waals surface area contributed by atoms with Gasteiger partial charge in [-0.2, -0.15) is 0 Å². The summed E-state index contributed by atoms with van der Waals surface area (Å²) in [5, 5.41) is 0. The van der Waals surface area contributed by atoms with E-state index in [4.69, 9.17) is 88.6 Å². The van der Waals surface area contributed by atoms with Gasteiger partial charge in [-0.15, -0.1) is 88.6 Å². The van der Waals surface area contributed by atoms with Gasteiger partial charge in [0.05, 0.1) is 0 Å². The summed E-state index contributed by atoms with van der Waals surface area (Å²) in [5.41, 5.74) is 5.08. The normalized spacial score (nSPS) is 13.7. The Kier molecular flexibility index (Phi) is 12.6. The molecule has 0 bridgehead atoms. The molecular weight excluding hydrogens is 612 g/mol. The van der Waals surface area contributed by atoms with Crippen molar-refractivity contribution in [3.8, 4) is 0 Å². The standard InChI is InChI=1S/C18H30Cl8Si4/c1-27(19,20)9-5-15-13-16(6-10-28(2,21)22)18(8-12-30(4,25)26)17(14-15)7-11-29(3,23)24/h13-14H,5-12H2,1-4H3. The number of hydrogen-bond donors (Lipinski definition) is 0. The molecule has 0 saturated carbocycles. The van der Waals surface area contributed by atoms with E-state index in [0.29, 0.717) is 0 Å². The molecule has 0 aromatic heterocycles. The third kappa shape index (κ3) is 14.6. The zero-order valence-corrected chi connectivity index (χ0v) is 27.9. The molecule has 12 heteroatoms. The van der Waals surface area contributed by atoms with Gasteiger partial charge in [0.25, 0.3) is 0 Å². The molecule has 0 atom stereocenters. The SMILES string of the molecule is C[Si](Cl)(Cl)CCc1cc(CC[Si](C)(Cl)Cl)c(CC[Si](C)(Cl)Cl)c(CC[Si](C)(Cl)Cl)c1. The molecule has 1 aromatic carbocycles. The number of benzene rings is 1. The molecule has 0 amide bonds. The van der Waals surface area contributed by atoms with E-state index in [1.165, 1.54) is 22.3 Å². The van der Waals surface area contributed by atoms with Crippen molar-refractivity contribution in [1.82, 2.24) is 0 Å². The molecule has 1 rings (SSSR count). The van der Waals surface area contributed by atoms with Crippen LogP contribution in [0.1, 0.15) is 22.3 Å². The van der Waals surface area contributed by atoms with E-state index in [0.717, 1.165) is 49.9 Å². The summed E-state index contributed by atoms with van der Waals surface area (Å²) in [6, 6.07) is 7.70. The van der Waals surface area contributed by atoms with E-state index in [2.05, 4.69) is 12.1 Å². The Bertz CT molecular complexity index is 648. The van der Waals surface area contributed by atoms with Gasteiger partial charge in [0.2, 0.25) is 26.8 Å². The fraction of sp³-hybridized carbons (Fsp3) is 0.667. The highest BCUT2D eigenvalue weighted by Crippen LogP contribution is 2.33. The Balaban J connectivity index is 3.35. The van der Waals surface area contributed by atoms with E-state index in [1.807, 2.05) is 26.2 Å². The lowest BCUT2D eigenvalue weighted by Crippen LogP contribution is -2.19. The Morgan fingerprint density at radius 1 is 0.500 bits per heavy atom. The number of halogens is 8. The molecular formula is C18H30Cl8Si4. The minimum absolute atomic E-state index is 0.788. The van der Waals surface area contributed by atoms with Crippen LogP contribution in [0.3, 0.4) is 0 Å². The van der Waals surface area contributed by atoms with Gasteiger partial charge in [-0.05, 0) is 98.3 Å². The van der Waals surface area contributed by atoms with Crippen LogP contribution in [0.25, 0.3) is 0 Å². The molecule has 1 aromatic rings. The van der Waals surface area contributed by atoms with E-state index in [-0.39, 0.29) is 0 Å². The highest BCUT2D eigenvalue weighted by atomic mass is 35.7. The smallest absolute Gasteiger partial charge is 0.146 e. The van der Waals surface area contributed by atoms with Gasteiger partial charge in [0, 0.05) is 0 Å². The van der Waals surface area contributed by atoms with Gasteiger partial charge in [0.1, 0.15) is 0 Å². The Morgan fingerprint density at radius 2 is 0.800 bits per heavy atom. The molecule has 0 fully saturated rings. The van der Waals surface area contributed by atoms with Crippen LogP contribution in [0.4, 0.5) is 0 Å². The molecule has 0 nitrogen and oxygen atoms in total. The minimum Gasteiger partial charge on any atom is -0.146 e. The van der Waals surface area contributed by atoms with Crippen LogP contribution in [0.2, 0.25) is 50.4 Å². The predicted molar refractivity (Wildman–Crippen MR) is 154 cm³/mol. The molecule has 0 aliphatic carbocycles. The lowest BCUT2D eigenvalue weighted by molar-refractivity contribution is 0.949. The van der Waals surface area contributed by atoms with Crippen molar-refractivity contribution < 1.29 is 0 Å². The van der Waals surface area contributed by atoms with Crippen LogP contribution >= 0.6 is 88.6 Å². The first-order valence-corrected chi connectivity index (χ1v) is 28.9. The molecule has 0 radical (unpaired) electrons. The van der Waals surface area contributed by atoms with Crippen molar-refractivity contribution in [3.63, 3.8) is 0 Å². The van der Waals surface area contributed by atoms with Gasteiger partial charge in [-0.3, -0.25) is 0 Å². The quantitative estimate of drug-likeness (QED) is 0.157. The number of rotatable bonds is 12. The van der Waals surface area contributed by atoms with Gasteiger partial charge in [-0.1, -0.05) is 12.1 Å². The maximum Gasteiger partial charge on any atom is 0.248 e. The fourth-order valence-corrected chi connectivity index (χ4v) is 8.30. The summed E-state index contributed by atoms with van der Waals surface area (Å²) < 4.78 is 0. The van der Waals surface area contributed by atoms with Crippen LogP contribution in [0.15, 0.2) is 12.1 Å². The van der Waals surface area contributed by atoms with Gasteiger partial charge < -0.3 is 0 Å². The maximum absolute atomic E-state index is 6.43. The highest BCUT2D eigenvalue weighted by molar-refractivity contribution is 7.46. The monoisotopic (exact) mass is 638 g/mol. The van der Waals surface area contributed by atoms with E-state index in [9.17, 15) is 0 Å². The van der Waals surface area contributed by atoms with Crippen molar-refractivity contribution in [2.45, 2.75) is 76.0 Å². The Morgan fingerprint density at radius 3 is 1.13 bits per heavy atom. The third-order valence-corrected chi connectivity index (χ3v) is 13.9. The second kappa shape index (κ2) is 12.4. The van der Waals surface area contributed by atoms with Crippen LogP contribution in [0.5, 0.6) is 0 Å². The van der Waals surface area contributed by atoms with E-state index < -0.39 is 26.8 Å². The Labute approximate surface area is 223 Å². The van der Waals surface area contributed by atoms with Crippen LogP contribution in [0, 0.1) is 0 Å². The average Bonchev–Trinajstić information content (AvgIpc) is 2.52. The van der Waals surface area contributed by atoms with Crippen molar-refractivity contribution >= 4 is 115 Å². The van der Waals surface area contributed by atoms with Crippen molar-refractivity contribution in [1.29, 1.82) is 0 Å². The fourth-order valence-electron chi connectivity index (χ4n) is 3.20. The van der Waals surface area contributed by atoms with Crippen molar-refractivity contribution in [2.75, 3.05) is 0 Å².